The molecule has 0 aliphatic carbocycles. The minimum atomic E-state index is -4.53. The second kappa shape index (κ2) is 6.21. The number of fused-ring (bicyclic) bond motifs is 1. The fraction of sp³-hybridized carbons (Fsp3) is 0.308. The molecule has 0 bridgehead atoms. The molecular formula is C13H11ClF3NO2S. The lowest BCUT2D eigenvalue weighted by molar-refractivity contribution is -0.141. The first-order valence-corrected chi connectivity index (χ1v) is 7.17. The number of hydrogen-bond donors (Lipinski definition) is 1. The number of aliphatic hydroxyl groups excluding tert-OH is 1. The minimum Gasteiger partial charge on any atom is -0.395 e. The summed E-state index contributed by atoms with van der Waals surface area (Å²) in [5, 5.41) is 9.62. The van der Waals surface area contributed by atoms with Gasteiger partial charge in [0.15, 0.2) is 0 Å². The van der Waals surface area contributed by atoms with Gasteiger partial charge in [0.1, 0.15) is 11.4 Å². The summed E-state index contributed by atoms with van der Waals surface area (Å²) in [4.78, 5) is 12.8. The van der Waals surface area contributed by atoms with Crippen LogP contribution in [0.15, 0.2) is 24.3 Å². The van der Waals surface area contributed by atoms with E-state index in [1.165, 1.54) is 0 Å². The van der Waals surface area contributed by atoms with Gasteiger partial charge in [0.2, 0.25) is 0 Å². The first-order chi connectivity index (χ1) is 9.83. The average Bonchev–Trinajstić information content (AvgIpc) is 2.74. The molecule has 1 aromatic heterocycles. The number of carbonyl (C=O) groups excluding carboxylic acids is 1. The fourth-order valence-corrected chi connectivity index (χ4v) is 3.36. The van der Waals surface area contributed by atoms with Gasteiger partial charge in [-0.1, -0.05) is 29.8 Å². The molecule has 114 valence electrons. The smallest absolute Gasteiger partial charge is 0.395 e. The molecule has 2 rings (SSSR count). The molecule has 0 saturated heterocycles. The molecule has 0 atom stereocenters. The van der Waals surface area contributed by atoms with Crippen molar-refractivity contribution in [2.75, 3.05) is 19.7 Å². The third-order valence-corrected chi connectivity index (χ3v) is 4.42. The maximum Gasteiger partial charge on any atom is 0.406 e. The quantitative estimate of drug-likeness (QED) is 0.927. The van der Waals surface area contributed by atoms with E-state index in [1.54, 1.807) is 24.3 Å². The molecule has 0 spiro atoms. The van der Waals surface area contributed by atoms with Crippen LogP contribution < -0.4 is 0 Å². The predicted octanol–water partition coefficient (Wildman–Crippen LogP) is 3.55. The monoisotopic (exact) mass is 337 g/mol. The molecule has 0 aliphatic rings. The van der Waals surface area contributed by atoms with Crippen LogP contribution in [0.1, 0.15) is 9.67 Å². The SMILES string of the molecule is O=C(c1sc2ccccc2c1Cl)N(CCO)CC(F)(F)F. The van der Waals surface area contributed by atoms with Gasteiger partial charge in [-0.15, -0.1) is 11.3 Å². The third kappa shape index (κ3) is 3.66. The van der Waals surface area contributed by atoms with Crippen LogP contribution in [0.25, 0.3) is 10.1 Å². The van der Waals surface area contributed by atoms with Gasteiger partial charge in [0.05, 0.1) is 11.6 Å². The van der Waals surface area contributed by atoms with E-state index in [0.717, 1.165) is 16.0 Å². The molecule has 0 saturated carbocycles. The Morgan fingerprint density at radius 2 is 2.00 bits per heavy atom. The van der Waals surface area contributed by atoms with Crippen molar-refractivity contribution < 1.29 is 23.1 Å². The number of carbonyl (C=O) groups is 1. The zero-order chi connectivity index (χ0) is 15.6. The highest BCUT2D eigenvalue weighted by atomic mass is 35.5. The van der Waals surface area contributed by atoms with Crippen molar-refractivity contribution in [3.8, 4) is 0 Å². The molecule has 1 aromatic carbocycles. The Morgan fingerprint density at radius 3 is 2.57 bits per heavy atom. The van der Waals surface area contributed by atoms with Crippen LogP contribution in [0.5, 0.6) is 0 Å². The van der Waals surface area contributed by atoms with Gasteiger partial charge in [0.25, 0.3) is 5.91 Å². The Balaban J connectivity index is 2.36. The normalized spacial score (nSPS) is 11.9. The molecule has 1 N–H and O–H groups in total. The summed E-state index contributed by atoms with van der Waals surface area (Å²) in [5.74, 6) is -0.826. The van der Waals surface area contributed by atoms with E-state index in [1.807, 2.05) is 0 Å². The summed E-state index contributed by atoms with van der Waals surface area (Å²) in [7, 11) is 0. The largest absolute Gasteiger partial charge is 0.406 e. The molecular weight excluding hydrogens is 327 g/mol. The molecule has 0 unspecified atom stereocenters. The van der Waals surface area contributed by atoms with Gasteiger partial charge in [-0.05, 0) is 6.07 Å². The number of aliphatic hydroxyl groups is 1. The molecule has 8 heteroatoms. The lowest BCUT2D eigenvalue weighted by atomic mass is 10.2. The Bertz CT molecular complexity index is 656. The Hall–Kier alpha value is -1.31. The van der Waals surface area contributed by atoms with E-state index >= 15 is 0 Å². The number of nitrogens with zero attached hydrogens (tertiary/aromatic N) is 1. The number of benzene rings is 1. The van der Waals surface area contributed by atoms with E-state index in [4.69, 9.17) is 16.7 Å². The van der Waals surface area contributed by atoms with Crippen molar-refractivity contribution in [3.05, 3.63) is 34.2 Å². The Labute approximate surface area is 127 Å². The van der Waals surface area contributed by atoms with E-state index in [0.29, 0.717) is 10.3 Å². The number of hydrogen-bond acceptors (Lipinski definition) is 3. The first-order valence-electron chi connectivity index (χ1n) is 5.97. The van der Waals surface area contributed by atoms with Crippen LogP contribution in [0.3, 0.4) is 0 Å². The molecule has 1 heterocycles. The zero-order valence-electron chi connectivity index (χ0n) is 10.7. The van der Waals surface area contributed by atoms with Gasteiger partial charge < -0.3 is 10.0 Å². The number of amides is 1. The maximum atomic E-state index is 12.5. The van der Waals surface area contributed by atoms with E-state index in [-0.39, 0.29) is 9.90 Å². The molecule has 0 fully saturated rings. The van der Waals surface area contributed by atoms with E-state index in [9.17, 15) is 18.0 Å². The van der Waals surface area contributed by atoms with Crippen LogP contribution in [-0.4, -0.2) is 41.8 Å². The topological polar surface area (TPSA) is 40.5 Å². The number of alkyl halides is 3. The van der Waals surface area contributed by atoms with Gasteiger partial charge in [0, 0.05) is 16.6 Å². The molecule has 3 nitrogen and oxygen atoms in total. The molecule has 0 radical (unpaired) electrons. The van der Waals surface area contributed by atoms with Crippen LogP contribution in [0, 0.1) is 0 Å². The lowest BCUT2D eigenvalue weighted by Gasteiger charge is -2.22. The highest BCUT2D eigenvalue weighted by Crippen LogP contribution is 2.36. The minimum absolute atomic E-state index is 0.0515. The van der Waals surface area contributed by atoms with Gasteiger partial charge in [-0.3, -0.25) is 4.79 Å². The molecule has 0 aliphatic heterocycles. The summed E-state index contributed by atoms with van der Waals surface area (Å²) in [6, 6.07) is 6.93. The van der Waals surface area contributed by atoms with Crippen molar-refractivity contribution in [1.29, 1.82) is 0 Å². The second-order valence-electron chi connectivity index (χ2n) is 4.31. The average molecular weight is 338 g/mol. The van der Waals surface area contributed by atoms with E-state index in [2.05, 4.69) is 0 Å². The van der Waals surface area contributed by atoms with Crippen molar-refractivity contribution in [1.82, 2.24) is 4.90 Å². The van der Waals surface area contributed by atoms with Gasteiger partial charge in [-0.25, -0.2) is 0 Å². The molecule has 21 heavy (non-hydrogen) atoms. The van der Waals surface area contributed by atoms with Crippen LogP contribution in [0.4, 0.5) is 13.2 Å². The number of rotatable bonds is 4. The lowest BCUT2D eigenvalue weighted by Crippen LogP contribution is -2.40. The number of thiophene rings is 1. The summed E-state index contributed by atoms with van der Waals surface area (Å²) in [6.07, 6.45) is -4.53. The van der Waals surface area contributed by atoms with Crippen molar-refractivity contribution in [2.45, 2.75) is 6.18 Å². The van der Waals surface area contributed by atoms with Crippen LogP contribution >= 0.6 is 22.9 Å². The van der Waals surface area contributed by atoms with E-state index < -0.39 is 31.8 Å². The predicted molar refractivity (Wildman–Crippen MR) is 75.9 cm³/mol. The second-order valence-corrected chi connectivity index (χ2v) is 5.74. The van der Waals surface area contributed by atoms with Crippen molar-refractivity contribution >= 4 is 38.9 Å². The Morgan fingerprint density at radius 1 is 1.33 bits per heavy atom. The maximum absolute atomic E-state index is 12.5. The Kier molecular flexibility index (Phi) is 4.75. The summed E-state index contributed by atoms with van der Waals surface area (Å²) < 4.78 is 38.2. The zero-order valence-corrected chi connectivity index (χ0v) is 12.2. The summed E-state index contributed by atoms with van der Waals surface area (Å²) >= 11 is 7.13. The third-order valence-electron chi connectivity index (χ3n) is 2.76. The fourth-order valence-electron chi connectivity index (χ4n) is 1.88. The van der Waals surface area contributed by atoms with Gasteiger partial charge >= 0.3 is 6.18 Å². The highest BCUT2D eigenvalue weighted by molar-refractivity contribution is 7.21. The molecule has 1 amide bonds. The summed E-state index contributed by atoms with van der Waals surface area (Å²) in [6.45, 7) is -2.37. The summed E-state index contributed by atoms with van der Waals surface area (Å²) in [5.41, 5.74) is 0. The van der Waals surface area contributed by atoms with Crippen LogP contribution in [-0.2, 0) is 0 Å². The van der Waals surface area contributed by atoms with Gasteiger partial charge in [-0.2, -0.15) is 13.2 Å². The first kappa shape index (κ1) is 16.1. The van der Waals surface area contributed by atoms with Crippen LogP contribution in [0.2, 0.25) is 5.02 Å². The molecule has 2 aromatic rings. The van der Waals surface area contributed by atoms with Crippen molar-refractivity contribution in [2.24, 2.45) is 0 Å². The highest BCUT2D eigenvalue weighted by Gasteiger charge is 2.34. The number of halogens is 4. The van der Waals surface area contributed by atoms with Crippen molar-refractivity contribution in [3.63, 3.8) is 0 Å². The standard InChI is InChI=1S/C13H11ClF3NO2S/c14-10-8-3-1-2-4-9(8)21-11(10)12(20)18(5-6-19)7-13(15,16)17/h1-4,19H,5-7H2.